The normalized spacial score (nSPS) is 19.4. The van der Waals surface area contributed by atoms with Crippen molar-refractivity contribution in [2.75, 3.05) is 49.2 Å². The van der Waals surface area contributed by atoms with E-state index in [1.54, 1.807) is 6.33 Å². The molecule has 0 amide bonds. The van der Waals surface area contributed by atoms with Gasteiger partial charge in [-0.2, -0.15) is 0 Å². The van der Waals surface area contributed by atoms with E-state index in [0.717, 1.165) is 56.1 Å². The molecule has 0 atom stereocenters. The summed E-state index contributed by atoms with van der Waals surface area (Å²) in [7, 11) is 0. The van der Waals surface area contributed by atoms with Crippen LogP contribution in [0.3, 0.4) is 0 Å². The number of aromatic nitrogens is 2. The maximum Gasteiger partial charge on any atom is 0.139 e. The fourth-order valence-corrected chi connectivity index (χ4v) is 3.23. The first-order chi connectivity index (χ1) is 10.4. The Hall–Kier alpha value is -1.88. The largest absolute Gasteiger partial charge is 0.378 e. The summed E-state index contributed by atoms with van der Waals surface area (Å²) in [5, 5.41) is 1.16. The summed E-state index contributed by atoms with van der Waals surface area (Å²) in [6, 6.07) is 6.55. The van der Waals surface area contributed by atoms with E-state index in [1.165, 1.54) is 18.5 Å². The fourth-order valence-electron chi connectivity index (χ4n) is 3.23. The van der Waals surface area contributed by atoms with Gasteiger partial charge in [-0.3, -0.25) is 0 Å². The minimum atomic E-state index is 0.806. The van der Waals surface area contributed by atoms with E-state index in [0.29, 0.717) is 0 Å². The second-order valence-electron chi connectivity index (χ2n) is 5.69. The molecule has 4 rings (SSSR count). The average Bonchev–Trinajstić information content (AvgIpc) is 3.09. The van der Waals surface area contributed by atoms with Gasteiger partial charge >= 0.3 is 0 Å². The zero-order valence-electron chi connectivity index (χ0n) is 12.2. The van der Waals surface area contributed by atoms with Crippen molar-refractivity contribution in [1.82, 2.24) is 9.97 Å². The lowest BCUT2D eigenvalue weighted by atomic mass is 10.2. The van der Waals surface area contributed by atoms with Crippen LogP contribution < -0.4 is 9.80 Å². The van der Waals surface area contributed by atoms with Crippen LogP contribution in [0.5, 0.6) is 0 Å². The predicted molar refractivity (Wildman–Crippen MR) is 84.0 cm³/mol. The van der Waals surface area contributed by atoms with E-state index in [1.807, 2.05) is 0 Å². The number of hydrogen-bond acceptors (Lipinski definition) is 5. The topological polar surface area (TPSA) is 41.5 Å². The molecule has 21 heavy (non-hydrogen) atoms. The Balaban J connectivity index is 1.71. The number of rotatable bonds is 2. The second-order valence-corrected chi connectivity index (χ2v) is 5.69. The number of fused-ring (bicyclic) bond motifs is 1. The number of benzene rings is 1. The first kappa shape index (κ1) is 12.8. The van der Waals surface area contributed by atoms with E-state index < -0.39 is 0 Å². The van der Waals surface area contributed by atoms with Gasteiger partial charge in [0.15, 0.2) is 0 Å². The van der Waals surface area contributed by atoms with Gasteiger partial charge in [0, 0.05) is 37.3 Å². The maximum atomic E-state index is 5.42. The first-order valence-corrected chi connectivity index (χ1v) is 7.74. The molecule has 0 radical (unpaired) electrons. The first-order valence-electron chi connectivity index (χ1n) is 7.74. The standard InChI is InChI=1S/C16H20N4O/c1-2-6-20(5-1)16-14-4-3-13(11-15(14)17-12-18-16)19-7-9-21-10-8-19/h3-4,11-12H,1-2,5-10H2. The van der Waals surface area contributed by atoms with Crippen LogP contribution in [0.15, 0.2) is 24.5 Å². The van der Waals surface area contributed by atoms with E-state index in [9.17, 15) is 0 Å². The molecule has 3 heterocycles. The molecule has 2 aliphatic rings. The molecule has 0 bridgehead atoms. The summed E-state index contributed by atoms with van der Waals surface area (Å²) in [6.07, 6.45) is 4.22. The molecule has 110 valence electrons. The zero-order chi connectivity index (χ0) is 14.1. The molecule has 0 unspecified atom stereocenters. The second kappa shape index (κ2) is 5.48. The van der Waals surface area contributed by atoms with Crippen LogP contribution in [0.1, 0.15) is 12.8 Å². The van der Waals surface area contributed by atoms with Crippen molar-refractivity contribution >= 4 is 22.4 Å². The van der Waals surface area contributed by atoms with Crippen molar-refractivity contribution in [3.05, 3.63) is 24.5 Å². The summed E-state index contributed by atoms with van der Waals surface area (Å²) in [5.41, 5.74) is 2.27. The quantitative estimate of drug-likeness (QED) is 0.844. The van der Waals surface area contributed by atoms with Gasteiger partial charge in [-0.15, -0.1) is 0 Å². The smallest absolute Gasteiger partial charge is 0.139 e. The van der Waals surface area contributed by atoms with Crippen LogP contribution in [0.25, 0.3) is 10.9 Å². The number of hydrogen-bond donors (Lipinski definition) is 0. The van der Waals surface area contributed by atoms with Crippen LogP contribution in [0.4, 0.5) is 11.5 Å². The van der Waals surface area contributed by atoms with E-state index >= 15 is 0 Å². The number of nitrogens with zero attached hydrogens (tertiary/aromatic N) is 4. The van der Waals surface area contributed by atoms with E-state index in [2.05, 4.69) is 38.0 Å². The molecule has 0 saturated carbocycles. The molecule has 1 aromatic heterocycles. The Labute approximate surface area is 124 Å². The highest BCUT2D eigenvalue weighted by Gasteiger charge is 2.17. The molecule has 2 aromatic rings. The van der Waals surface area contributed by atoms with Crippen molar-refractivity contribution < 1.29 is 4.74 Å². The third kappa shape index (κ3) is 2.42. The van der Waals surface area contributed by atoms with Gasteiger partial charge in [0.05, 0.1) is 18.7 Å². The molecule has 0 aliphatic carbocycles. The summed E-state index contributed by atoms with van der Waals surface area (Å²) in [6.45, 7) is 5.74. The lowest BCUT2D eigenvalue weighted by Gasteiger charge is -2.29. The van der Waals surface area contributed by atoms with Crippen molar-refractivity contribution in [3.63, 3.8) is 0 Å². The van der Waals surface area contributed by atoms with Gasteiger partial charge in [-0.1, -0.05) is 0 Å². The molecular weight excluding hydrogens is 264 g/mol. The predicted octanol–water partition coefficient (Wildman–Crippen LogP) is 2.07. The molecular formula is C16H20N4O. The fraction of sp³-hybridized carbons (Fsp3) is 0.500. The molecule has 0 N–H and O–H groups in total. The zero-order valence-corrected chi connectivity index (χ0v) is 12.2. The van der Waals surface area contributed by atoms with E-state index in [-0.39, 0.29) is 0 Å². The van der Waals surface area contributed by atoms with Gasteiger partial charge in [0.1, 0.15) is 12.1 Å². The summed E-state index contributed by atoms with van der Waals surface area (Å²) >= 11 is 0. The third-order valence-corrected chi connectivity index (χ3v) is 4.38. The lowest BCUT2D eigenvalue weighted by molar-refractivity contribution is 0.122. The van der Waals surface area contributed by atoms with Gasteiger partial charge < -0.3 is 14.5 Å². The minimum Gasteiger partial charge on any atom is -0.378 e. The third-order valence-electron chi connectivity index (χ3n) is 4.38. The van der Waals surface area contributed by atoms with E-state index in [4.69, 9.17) is 4.74 Å². The minimum absolute atomic E-state index is 0.806. The highest BCUT2D eigenvalue weighted by atomic mass is 16.5. The molecule has 5 heteroatoms. The highest BCUT2D eigenvalue weighted by Crippen LogP contribution is 2.29. The molecule has 5 nitrogen and oxygen atoms in total. The van der Waals surface area contributed by atoms with Crippen LogP contribution in [0.2, 0.25) is 0 Å². The SMILES string of the molecule is c1nc(N2CCCC2)c2ccc(N3CCOCC3)cc2n1. The van der Waals surface area contributed by atoms with Gasteiger partial charge in [0.25, 0.3) is 0 Å². The molecule has 2 fully saturated rings. The Kier molecular flexibility index (Phi) is 3.35. The highest BCUT2D eigenvalue weighted by molar-refractivity contribution is 5.91. The van der Waals surface area contributed by atoms with Crippen molar-refractivity contribution in [1.29, 1.82) is 0 Å². The Morgan fingerprint density at radius 1 is 0.905 bits per heavy atom. The summed E-state index contributed by atoms with van der Waals surface area (Å²) in [5.74, 6) is 1.09. The van der Waals surface area contributed by atoms with Crippen molar-refractivity contribution in [3.8, 4) is 0 Å². The van der Waals surface area contributed by atoms with Crippen LogP contribution in [-0.4, -0.2) is 49.4 Å². The molecule has 1 aromatic carbocycles. The van der Waals surface area contributed by atoms with Crippen molar-refractivity contribution in [2.24, 2.45) is 0 Å². The monoisotopic (exact) mass is 284 g/mol. The van der Waals surface area contributed by atoms with Crippen LogP contribution >= 0.6 is 0 Å². The number of ether oxygens (including phenoxy) is 1. The van der Waals surface area contributed by atoms with Crippen LogP contribution in [-0.2, 0) is 4.74 Å². The molecule has 0 spiro atoms. The summed E-state index contributed by atoms with van der Waals surface area (Å²) < 4.78 is 5.42. The average molecular weight is 284 g/mol. The summed E-state index contributed by atoms with van der Waals surface area (Å²) in [4.78, 5) is 13.7. The number of anilines is 2. The Morgan fingerprint density at radius 3 is 2.52 bits per heavy atom. The van der Waals surface area contributed by atoms with Gasteiger partial charge in [-0.25, -0.2) is 9.97 Å². The van der Waals surface area contributed by atoms with Crippen molar-refractivity contribution in [2.45, 2.75) is 12.8 Å². The van der Waals surface area contributed by atoms with Gasteiger partial charge in [0.2, 0.25) is 0 Å². The molecule has 2 saturated heterocycles. The maximum absolute atomic E-state index is 5.42. The number of morpholine rings is 1. The lowest BCUT2D eigenvalue weighted by Crippen LogP contribution is -2.36. The Morgan fingerprint density at radius 2 is 1.71 bits per heavy atom. The van der Waals surface area contributed by atoms with Crippen LogP contribution in [0, 0.1) is 0 Å². The van der Waals surface area contributed by atoms with Gasteiger partial charge in [-0.05, 0) is 31.0 Å². The Bertz CT molecular complexity index is 633. The molecule has 2 aliphatic heterocycles.